The summed E-state index contributed by atoms with van der Waals surface area (Å²) in [5.41, 5.74) is 0.724. The molecule has 2 atom stereocenters. The van der Waals surface area contributed by atoms with E-state index in [9.17, 15) is 9.59 Å². The average Bonchev–Trinajstić information content (AvgIpc) is 2.87. The van der Waals surface area contributed by atoms with E-state index < -0.39 is 0 Å². The van der Waals surface area contributed by atoms with Crippen LogP contribution in [0.1, 0.15) is 38.5 Å². The first-order chi connectivity index (χ1) is 11.2. The van der Waals surface area contributed by atoms with Gasteiger partial charge >= 0.3 is 0 Å². The van der Waals surface area contributed by atoms with E-state index in [0.717, 1.165) is 18.5 Å². The Balaban J connectivity index is 1.32. The van der Waals surface area contributed by atoms with Gasteiger partial charge in [-0.05, 0) is 43.7 Å². The van der Waals surface area contributed by atoms with Crippen molar-refractivity contribution in [2.45, 2.75) is 50.6 Å². The summed E-state index contributed by atoms with van der Waals surface area (Å²) in [5, 5.41) is 9.23. The molecular formula is C17H24N4O2. The molecule has 0 saturated carbocycles. The minimum atomic E-state index is -0.101. The van der Waals surface area contributed by atoms with Crippen LogP contribution in [-0.2, 0) is 9.59 Å². The van der Waals surface area contributed by atoms with Crippen molar-refractivity contribution in [2.24, 2.45) is 5.92 Å². The van der Waals surface area contributed by atoms with Gasteiger partial charge in [-0.3, -0.25) is 14.6 Å². The van der Waals surface area contributed by atoms with Crippen LogP contribution in [0.2, 0.25) is 0 Å². The van der Waals surface area contributed by atoms with Gasteiger partial charge in [0, 0.05) is 49.6 Å². The van der Waals surface area contributed by atoms with Gasteiger partial charge in [0.1, 0.15) is 0 Å². The topological polar surface area (TPSA) is 83.1 Å². The van der Waals surface area contributed by atoms with Crippen molar-refractivity contribution in [1.29, 1.82) is 0 Å². The van der Waals surface area contributed by atoms with Crippen LogP contribution in [0.3, 0.4) is 0 Å². The Morgan fingerprint density at radius 3 is 2.52 bits per heavy atom. The molecule has 3 heterocycles. The Bertz CT molecular complexity index is 537. The van der Waals surface area contributed by atoms with Crippen LogP contribution in [0, 0.1) is 5.92 Å². The number of piperidine rings is 1. The normalized spacial score (nSPS) is 25.8. The smallest absolute Gasteiger partial charge is 0.226 e. The Morgan fingerprint density at radius 2 is 1.83 bits per heavy atom. The van der Waals surface area contributed by atoms with Crippen molar-refractivity contribution in [3.05, 3.63) is 24.5 Å². The third-order valence-electron chi connectivity index (χ3n) is 4.68. The summed E-state index contributed by atoms with van der Waals surface area (Å²) in [4.78, 5) is 27.7. The SMILES string of the molecule is O=C(CC1CC2CCC(C1)N2)NCCC(=O)Nc1ccncc1. The molecule has 2 amide bonds. The maximum absolute atomic E-state index is 12.0. The number of nitrogens with one attached hydrogen (secondary N) is 3. The molecule has 2 bridgehead atoms. The van der Waals surface area contributed by atoms with Crippen LogP contribution >= 0.6 is 0 Å². The Kier molecular flexibility index (Phi) is 5.23. The molecule has 1 aromatic rings. The van der Waals surface area contributed by atoms with Gasteiger partial charge in [0.2, 0.25) is 11.8 Å². The first-order valence-electron chi connectivity index (χ1n) is 8.41. The van der Waals surface area contributed by atoms with E-state index in [4.69, 9.17) is 0 Å². The molecule has 6 heteroatoms. The van der Waals surface area contributed by atoms with Crippen LogP contribution in [0.25, 0.3) is 0 Å². The number of pyridine rings is 1. The second kappa shape index (κ2) is 7.55. The Labute approximate surface area is 136 Å². The second-order valence-electron chi connectivity index (χ2n) is 6.56. The lowest BCUT2D eigenvalue weighted by Gasteiger charge is -2.28. The quantitative estimate of drug-likeness (QED) is 0.742. The molecule has 3 N–H and O–H groups in total. The molecule has 2 saturated heterocycles. The van der Waals surface area contributed by atoms with E-state index >= 15 is 0 Å². The highest BCUT2D eigenvalue weighted by Gasteiger charge is 2.34. The third kappa shape index (κ3) is 4.76. The lowest BCUT2D eigenvalue weighted by molar-refractivity contribution is -0.122. The number of aromatic nitrogens is 1. The average molecular weight is 316 g/mol. The summed E-state index contributed by atoms with van der Waals surface area (Å²) in [6, 6.07) is 4.69. The summed E-state index contributed by atoms with van der Waals surface area (Å²) in [5.74, 6) is 0.448. The van der Waals surface area contributed by atoms with Crippen LogP contribution in [0.15, 0.2) is 24.5 Å². The van der Waals surface area contributed by atoms with Crippen molar-refractivity contribution in [3.63, 3.8) is 0 Å². The zero-order valence-electron chi connectivity index (χ0n) is 13.3. The largest absolute Gasteiger partial charge is 0.356 e. The fraction of sp³-hybridized carbons (Fsp3) is 0.588. The highest BCUT2D eigenvalue weighted by molar-refractivity contribution is 5.91. The fourth-order valence-corrected chi connectivity index (χ4v) is 3.65. The number of amides is 2. The molecule has 2 fully saturated rings. The summed E-state index contributed by atoms with van der Waals surface area (Å²) >= 11 is 0. The van der Waals surface area contributed by atoms with E-state index in [1.807, 2.05) is 0 Å². The van der Waals surface area contributed by atoms with E-state index in [2.05, 4.69) is 20.9 Å². The number of anilines is 1. The monoisotopic (exact) mass is 316 g/mol. The molecule has 2 unspecified atom stereocenters. The summed E-state index contributed by atoms with van der Waals surface area (Å²) < 4.78 is 0. The van der Waals surface area contributed by atoms with Crippen molar-refractivity contribution in [2.75, 3.05) is 11.9 Å². The number of hydrogen-bond donors (Lipinski definition) is 3. The molecule has 0 radical (unpaired) electrons. The van der Waals surface area contributed by atoms with Crippen LogP contribution < -0.4 is 16.0 Å². The van der Waals surface area contributed by atoms with Crippen molar-refractivity contribution in [3.8, 4) is 0 Å². The number of nitrogens with zero attached hydrogens (tertiary/aromatic N) is 1. The lowest BCUT2D eigenvalue weighted by atomic mass is 9.89. The van der Waals surface area contributed by atoms with E-state index in [1.165, 1.54) is 12.8 Å². The first kappa shape index (κ1) is 15.9. The maximum atomic E-state index is 12.0. The van der Waals surface area contributed by atoms with Gasteiger partial charge in [0.25, 0.3) is 0 Å². The molecular weight excluding hydrogens is 292 g/mol. The fourth-order valence-electron chi connectivity index (χ4n) is 3.65. The number of carbonyl (C=O) groups is 2. The van der Waals surface area contributed by atoms with Gasteiger partial charge in [-0.15, -0.1) is 0 Å². The lowest BCUT2D eigenvalue weighted by Crippen LogP contribution is -2.40. The first-order valence-corrected chi connectivity index (χ1v) is 8.41. The van der Waals surface area contributed by atoms with Gasteiger partial charge in [0.05, 0.1) is 0 Å². The summed E-state index contributed by atoms with van der Waals surface area (Å²) in [6.45, 7) is 0.383. The highest BCUT2D eigenvalue weighted by Crippen LogP contribution is 2.32. The molecule has 23 heavy (non-hydrogen) atoms. The van der Waals surface area contributed by atoms with Crippen LogP contribution in [0.4, 0.5) is 5.69 Å². The van der Waals surface area contributed by atoms with Crippen molar-refractivity contribution < 1.29 is 9.59 Å². The maximum Gasteiger partial charge on any atom is 0.226 e. The zero-order valence-corrected chi connectivity index (χ0v) is 13.3. The van der Waals surface area contributed by atoms with Crippen LogP contribution in [0.5, 0.6) is 0 Å². The van der Waals surface area contributed by atoms with Gasteiger partial charge in [-0.2, -0.15) is 0 Å². The van der Waals surface area contributed by atoms with Crippen molar-refractivity contribution in [1.82, 2.24) is 15.6 Å². The molecule has 2 aliphatic heterocycles. The molecule has 124 valence electrons. The standard InChI is InChI=1S/C17H24N4O2/c22-16(21-13-3-6-18-7-4-13)5-8-19-17(23)11-12-9-14-1-2-15(10-12)20-14/h3-4,6-7,12,14-15,20H,1-2,5,8-11H2,(H,19,23)(H,18,21,22). The van der Waals surface area contributed by atoms with E-state index in [0.29, 0.717) is 31.0 Å². The van der Waals surface area contributed by atoms with Gasteiger partial charge in [-0.25, -0.2) is 0 Å². The molecule has 3 rings (SSSR count). The third-order valence-corrected chi connectivity index (χ3v) is 4.68. The number of hydrogen-bond acceptors (Lipinski definition) is 4. The Hall–Kier alpha value is -1.95. The summed E-state index contributed by atoms with van der Waals surface area (Å²) in [6.07, 6.45) is 8.83. The Morgan fingerprint density at radius 1 is 1.13 bits per heavy atom. The number of carbonyl (C=O) groups excluding carboxylic acids is 2. The van der Waals surface area contributed by atoms with E-state index in [1.54, 1.807) is 24.5 Å². The van der Waals surface area contributed by atoms with Crippen molar-refractivity contribution >= 4 is 17.5 Å². The summed E-state index contributed by atoms with van der Waals surface area (Å²) in [7, 11) is 0. The number of rotatable bonds is 6. The molecule has 6 nitrogen and oxygen atoms in total. The minimum absolute atomic E-state index is 0.0630. The van der Waals surface area contributed by atoms with Gasteiger partial charge in [0.15, 0.2) is 0 Å². The number of fused-ring (bicyclic) bond motifs is 2. The van der Waals surface area contributed by atoms with Gasteiger partial charge in [-0.1, -0.05) is 0 Å². The molecule has 0 spiro atoms. The molecule has 2 aliphatic rings. The van der Waals surface area contributed by atoms with Crippen LogP contribution in [-0.4, -0.2) is 35.4 Å². The molecule has 0 aliphatic carbocycles. The van der Waals surface area contributed by atoms with Gasteiger partial charge < -0.3 is 16.0 Å². The van der Waals surface area contributed by atoms with E-state index in [-0.39, 0.29) is 18.2 Å². The molecule has 0 aromatic carbocycles. The predicted octanol–water partition coefficient (Wildman–Crippen LogP) is 1.45. The minimum Gasteiger partial charge on any atom is -0.356 e. The second-order valence-corrected chi connectivity index (χ2v) is 6.56. The predicted molar refractivity (Wildman–Crippen MR) is 87.8 cm³/mol. The zero-order chi connectivity index (χ0) is 16.1. The highest BCUT2D eigenvalue weighted by atomic mass is 16.2. The molecule has 1 aromatic heterocycles.